The normalized spacial score (nSPS) is 10.2. The second kappa shape index (κ2) is 6.41. The first-order chi connectivity index (χ1) is 10.7. The van der Waals surface area contributed by atoms with Crippen LogP contribution in [0.15, 0.2) is 60.0 Å². The Bertz CT molecular complexity index is 783. The summed E-state index contributed by atoms with van der Waals surface area (Å²) in [5, 5.41) is 8.62. The zero-order chi connectivity index (χ0) is 15.4. The molecule has 0 fully saturated rings. The first kappa shape index (κ1) is 14.3. The van der Waals surface area contributed by atoms with Crippen LogP contribution in [-0.2, 0) is 0 Å². The summed E-state index contributed by atoms with van der Waals surface area (Å²) in [5.41, 5.74) is 3.18. The van der Waals surface area contributed by atoms with Crippen molar-refractivity contribution < 1.29 is 4.79 Å². The molecule has 0 unspecified atom stereocenters. The number of para-hydroxylation sites is 2. The molecule has 0 saturated heterocycles. The van der Waals surface area contributed by atoms with Gasteiger partial charge in [-0.25, -0.2) is 4.98 Å². The summed E-state index contributed by atoms with van der Waals surface area (Å²) < 4.78 is 0. The van der Waals surface area contributed by atoms with E-state index in [9.17, 15) is 4.79 Å². The second-order valence-electron chi connectivity index (χ2n) is 4.78. The van der Waals surface area contributed by atoms with Gasteiger partial charge in [0.25, 0.3) is 5.91 Å². The molecule has 0 aliphatic rings. The number of carbonyl (C=O) groups excluding carboxylic acids is 1. The van der Waals surface area contributed by atoms with Crippen molar-refractivity contribution in [2.24, 2.45) is 0 Å². The molecule has 3 aromatic rings. The van der Waals surface area contributed by atoms with E-state index in [1.165, 1.54) is 11.3 Å². The molecule has 1 amide bonds. The van der Waals surface area contributed by atoms with Gasteiger partial charge in [0.1, 0.15) is 0 Å². The third-order valence-corrected chi connectivity index (χ3v) is 3.94. The summed E-state index contributed by atoms with van der Waals surface area (Å²) in [4.78, 5) is 16.7. The summed E-state index contributed by atoms with van der Waals surface area (Å²) in [6.07, 6.45) is 0. The van der Waals surface area contributed by atoms with E-state index in [-0.39, 0.29) is 5.91 Å². The highest BCUT2D eigenvalue weighted by molar-refractivity contribution is 7.13. The minimum absolute atomic E-state index is 0.173. The molecular weight excluding hydrogens is 294 g/mol. The van der Waals surface area contributed by atoms with Crippen LogP contribution in [0.4, 0.5) is 16.5 Å². The van der Waals surface area contributed by atoms with E-state index >= 15 is 0 Å². The van der Waals surface area contributed by atoms with Gasteiger partial charge in [-0.15, -0.1) is 11.3 Å². The Labute approximate surface area is 132 Å². The number of anilines is 3. The van der Waals surface area contributed by atoms with Crippen LogP contribution < -0.4 is 10.6 Å². The molecule has 3 rings (SSSR count). The number of hydrogen-bond donors (Lipinski definition) is 2. The number of thiazole rings is 1. The highest BCUT2D eigenvalue weighted by Crippen LogP contribution is 2.22. The lowest BCUT2D eigenvalue weighted by molar-refractivity contribution is 0.102. The van der Waals surface area contributed by atoms with Crippen LogP contribution in [0.1, 0.15) is 16.1 Å². The van der Waals surface area contributed by atoms with Crippen molar-refractivity contribution in [3.05, 3.63) is 71.2 Å². The fraction of sp³-hybridized carbons (Fsp3) is 0.0588. The van der Waals surface area contributed by atoms with Gasteiger partial charge in [-0.3, -0.25) is 10.1 Å². The van der Waals surface area contributed by atoms with E-state index < -0.39 is 0 Å². The van der Waals surface area contributed by atoms with Crippen LogP contribution in [-0.4, -0.2) is 10.9 Å². The molecule has 2 aromatic carbocycles. The molecule has 0 aliphatic carbocycles. The predicted molar refractivity (Wildman–Crippen MR) is 91.0 cm³/mol. The summed E-state index contributed by atoms with van der Waals surface area (Å²) in [6.45, 7) is 1.90. The quantitative estimate of drug-likeness (QED) is 0.748. The molecule has 1 aromatic heterocycles. The Balaban J connectivity index is 1.83. The van der Waals surface area contributed by atoms with Gasteiger partial charge in [0, 0.05) is 11.1 Å². The van der Waals surface area contributed by atoms with Crippen molar-refractivity contribution in [1.29, 1.82) is 0 Å². The third-order valence-electron chi connectivity index (χ3n) is 3.06. The van der Waals surface area contributed by atoms with Crippen LogP contribution in [0.2, 0.25) is 0 Å². The van der Waals surface area contributed by atoms with Crippen molar-refractivity contribution in [2.75, 3.05) is 10.6 Å². The van der Waals surface area contributed by atoms with Gasteiger partial charge in [0.05, 0.1) is 16.9 Å². The molecule has 0 atom stereocenters. The number of aryl methyl sites for hydroxylation is 1. The van der Waals surface area contributed by atoms with Crippen LogP contribution >= 0.6 is 11.3 Å². The average Bonchev–Trinajstić information content (AvgIpc) is 2.94. The number of benzene rings is 2. The molecule has 1 heterocycles. The van der Waals surface area contributed by atoms with Crippen LogP contribution in [0.3, 0.4) is 0 Å². The third kappa shape index (κ3) is 3.32. The highest BCUT2D eigenvalue weighted by Gasteiger charge is 2.12. The van der Waals surface area contributed by atoms with Gasteiger partial charge in [0.2, 0.25) is 0 Å². The van der Waals surface area contributed by atoms with Gasteiger partial charge in [-0.2, -0.15) is 0 Å². The molecule has 0 spiro atoms. The molecular formula is C17H15N3OS. The summed E-state index contributed by atoms with van der Waals surface area (Å²) in [7, 11) is 0. The van der Waals surface area contributed by atoms with Gasteiger partial charge in [-0.05, 0) is 31.2 Å². The molecule has 0 radical (unpaired) electrons. The first-order valence-corrected chi connectivity index (χ1v) is 7.75. The second-order valence-corrected chi connectivity index (χ2v) is 5.64. The van der Waals surface area contributed by atoms with E-state index in [4.69, 9.17) is 0 Å². The minimum atomic E-state index is -0.173. The minimum Gasteiger partial charge on any atom is -0.355 e. The highest BCUT2D eigenvalue weighted by atomic mass is 32.1. The molecule has 4 nitrogen and oxygen atoms in total. The van der Waals surface area contributed by atoms with Crippen LogP contribution in [0.5, 0.6) is 0 Å². The Morgan fingerprint density at radius 2 is 1.77 bits per heavy atom. The van der Waals surface area contributed by atoms with Crippen molar-refractivity contribution >= 4 is 33.8 Å². The van der Waals surface area contributed by atoms with Crippen LogP contribution in [0.25, 0.3) is 0 Å². The van der Waals surface area contributed by atoms with Crippen molar-refractivity contribution in [1.82, 2.24) is 4.98 Å². The van der Waals surface area contributed by atoms with E-state index in [0.717, 1.165) is 17.1 Å². The number of amides is 1. The molecule has 0 bridgehead atoms. The standard InChI is InChI=1S/C17H15N3OS/c1-12-11-22-17(18-12)20-16(21)14-9-5-6-10-15(14)19-13-7-3-2-4-8-13/h2-11,19H,1H3,(H,18,20,21). The topological polar surface area (TPSA) is 54.0 Å². The number of rotatable bonds is 4. The fourth-order valence-corrected chi connectivity index (χ4v) is 2.73. The monoisotopic (exact) mass is 309 g/mol. The maximum Gasteiger partial charge on any atom is 0.259 e. The van der Waals surface area contributed by atoms with Crippen molar-refractivity contribution in [3.63, 3.8) is 0 Å². The number of aromatic nitrogens is 1. The maximum absolute atomic E-state index is 12.4. The largest absolute Gasteiger partial charge is 0.355 e. The zero-order valence-electron chi connectivity index (χ0n) is 12.0. The van der Waals surface area contributed by atoms with E-state index in [1.54, 1.807) is 6.07 Å². The fourth-order valence-electron chi connectivity index (χ4n) is 2.04. The van der Waals surface area contributed by atoms with Gasteiger partial charge >= 0.3 is 0 Å². The number of nitrogens with zero attached hydrogens (tertiary/aromatic N) is 1. The van der Waals surface area contributed by atoms with E-state index in [2.05, 4.69) is 15.6 Å². The SMILES string of the molecule is Cc1csc(NC(=O)c2ccccc2Nc2ccccc2)n1. The Hall–Kier alpha value is -2.66. The summed E-state index contributed by atoms with van der Waals surface area (Å²) >= 11 is 1.42. The maximum atomic E-state index is 12.4. The lowest BCUT2D eigenvalue weighted by Gasteiger charge is -2.11. The Kier molecular flexibility index (Phi) is 4.16. The summed E-state index contributed by atoms with van der Waals surface area (Å²) in [6, 6.07) is 17.2. The molecule has 0 saturated carbocycles. The van der Waals surface area contributed by atoms with Gasteiger partial charge in [0.15, 0.2) is 5.13 Å². The van der Waals surface area contributed by atoms with Crippen molar-refractivity contribution in [3.8, 4) is 0 Å². The molecule has 110 valence electrons. The van der Waals surface area contributed by atoms with E-state index in [0.29, 0.717) is 10.7 Å². The molecule has 2 N–H and O–H groups in total. The van der Waals surface area contributed by atoms with Crippen molar-refractivity contribution in [2.45, 2.75) is 6.92 Å². The molecule has 5 heteroatoms. The predicted octanol–water partition coefficient (Wildman–Crippen LogP) is 4.45. The van der Waals surface area contributed by atoms with Crippen LogP contribution in [0, 0.1) is 6.92 Å². The van der Waals surface area contributed by atoms with Gasteiger partial charge in [-0.1, -0.05) is 30.3 Å². The number of hydrogen-bond acceptors (Lipinski definition) is 4. The molecule has 0 aliphatic heterocycles. The number of nitrogens with one attached hydrogen (secondary N) is 2. The van der Waals surface area contributed by atoms with Gasteiger partial charge < -0.3 is 5.32 Å². The number of carbonyl (C=O) groups is 1. The lowest BCUT2D eigenvalue weighted by atomic mass is 10.1. The Morgan fingerprint density at radius 3 is 2.50 bits per heavy atom. The zero-order valence-corrected chi connectivity index (χ0v) is 12.9. The summed E-state index contributed by atoms with van der Waals surface area (Å²) in [5.74, 6) is -0.173. The Morgan fingerprint density at radius 1 is 1.05 bits per heavy atom. The average molecular weight is 309 g/mol. The first-order valence-electron chi connectivity index (χ1n) is 6.87. The molecule has 22 heavy (non-hydrogen) atoms. The lowest BCUT2D eigenvalue weighted by Crippen LogP contribution is -2.13. The smallest absolute Gasteiger partial charge is 0.259 e. The van der Waals surface area contributed by atoms with E-state index in [1.807, 2.05) is 60.8 Å².